The molecular formula is C27H26BrN3O2. The molecule has 5 nitrogen and oxygen atoms in total. The van der Waals surface area contributed by atoms with Gasteiger partial charge in [-0.3, -0.25) is 4.79 Å². The molecule has 33 heavy (non-hydrogen) atoms. The SMILES string of the molecule is O=C(Nc1ccccc1)c1ccc(CCCCc2ncc[nH]2)c(OCc2ccc(Br)cc2)c1. The zero-order chi connectivity index (χ0) is 22.9. The third kappa shape index (κ3) is 6.80. The summed E-state index contributed by atoms with van der Waals surface area (Å²) in [5.41, 5.74) is 3.51. The van der Waals surface area contributed by atoms with Gasteiger partial charge in [-0.1, -0.05) is 52.3 Å². The summed E-state index contributed by atoms with van der Waals surface area (Å²) in [5.74, 6) is 1.60. The third-order valence-corrected chi connectivity index (χ3v) is 5.86. The second kappa shape index (κ2) is 11.5. The van der Waals surface area contributed by atoms with Crippen molar-refractivity contribution in [1.29, 1.82) is 0 Å². The van der Waals surface area contributed by atoms with Crippen LogP contribution in [-0.4, -0.2) is 15.9 Å². The number of nitrogens with one attached hydrogen (secondary N) is 2. The highest BCUT2D eigenvalue weighted by molar-refractivity contribution is 9.10. The summed E-state index contributed by atoms with van der Waals surface area (Å²) < 4.78 is 7.22. The summed E-state index contributed by atoms with van der Waals surface area (Å²) in [7, 11) is 0. The monoisotopic (exact) mass is 503 g/mol. The third-order valence-electron chi connectivity index (χ3n) is 5.33. The van der Waals surface area contributed by atoms with Crippen molar-refractivity contribution in [2.24, 2.45) is 0 Å². The number of imidazole rings is 1. The Morgan fingerprint density at radius 3 is 2.52 bits per heavy atom. The lowest BCUT2D eigenvalue weighted by molar-refractivity contribution is 0.102. The number of amides is 1. The molecule has 6 heteroatoms. The molecule has 4 rings (SSSR count). The van der Waals surface area contributed by atoms with E-state index in [1.807, 2.05) is 79.0 Å². The molecule has 3 aromatic carbocycles. The number of unbranched alkanes of at least 4 members (excludes halogenated alkanes) is 1. The average molecular weight is 504 g/mol. The Bertz CT molecular complexity index is 1160. The lowest BCUT2D eigenvalue weighted by atomic mass is 10.0. The largest absolute Gasteiger partial charge is 0.489 e. The van der Waals surface area contributed by atoms with E-state index >= 15 is 0 Å². The van der Waals surface area contributed by atoms with E-state index in [1.165, 1.54) is 0 Å². The topological polar surface area (TPSA) is 67.0 Å². The highest BCUT2D eigenvalue weighted by Gasteiger charge is 2.12. The van der Waals surface area contributed by atoms with Crippen LogP contribution in [0, 0.1) is 0 Å². The number of anilines is 1. The van der Waals surface area contributed by atoms with E-state index in [0.717, 1.165) is 58.5 Å². The molecule has 0 saturated heterocycles. The molecule has 1 aromatic heterocycles. The number of aromatic amines is 1. The molecule has 1 amide bonds. The Balaban J connectivity index is 1.45. The zero-order valence-electron chi connectivity index (χ0n) is 18.3. The smallest absolute Gasteiger partial charge is 0.255 e. The number of carbonyl (C=O) groups excluding carboxylic acids is 1. The van der Waals surface area contributed by atoms with Crippen LogP contribution in [0.1, 0.15) is 40.2 Å². The molecule has 0 aliphatic rings. The maximum absolute atomic E-state index is 12.8. The van der Waals surface area contributed by atoms with Gasteiger partial charge in [0, 0.05) is 34.5 Å². The van der Waals surface area contributed by atoms with Crippen molar-refractivity contribution >= 4 is 27.5 Å². The van der Waals surface area contributed by atoms with Gasteiger partial charge in [0.15, 0.2) is 0 Å². The molecular weight excluding hydrogens is 478 g/mol. The van der Waals surface area contributed by atoms with Gasteiger partial charge in [-0.05, 0) is 66.8 Å². The fourth-order valence-corrected chi connectivity index (χ4v) is 3.81. The molecule has 0 aliphatic carbocycles. The number of aromatic nitrogens is 2. The van der Waals surface area contributed by atoms with E-state index in [2.05, 4.69) is 31.2 Å². The Morgan fingerprint density at radius 1 is 0.970 bits per heavy atom. The summed E-state index contributed by atoms with van der Waals surface area (Å²) in [6.45, 7) is 0.441. The minimum Gasteiger partial charge on any atom is -0.489 e. The molecule has 0 bridgehead atoms. The zero-order valence-corrected chi connectivity index (χ0v) is 19.8. The number of hydrogen-bond donors (Lipinski definition) is 2. The van der Waals surface area contributed by atoms with Crippen molar-refractivity contribution in [1.82, 2.24) is 9.97 Å². The normalized spacial score (nSPS) is 10.7. The number of carbonyl (C=O) groups is 1. The van der Waals surface area contributed by atoms with Crippen molar-refractivity contribution in [2.75, 3.05) is 5.32 Å². The van der Waals surface area contributed by atoms with Crippen LogP contribution >= 0.6 is 15.9 Å². The number of H-pyrrole nitrogens is 1. The summed E-state index contributed by atoms with van der Waals surface area (Å²) in [6, 6.07) is 23.2. The number of hydrogen-bond acceptors (Lipinski definition) is 3. The minimum atomic E-state index is -0.154. The summed E-state index contributed by atoms with van der Waals surface area (Å²) >= 11 is 3.46. The van der Waals surface area contributed by atoms with E-state index in [4.69, 9.17) is 4.74 Å². The van der Waals surface area contributed by atoms with Crippen LogP contribution in [-0.2, 0) is 19.4 Å². The van der Waals surface area contributed by atoms with Gasteiger partial charge in [0.25, 0.3) is 5.91 Å². The van der Waals surface area contributed by atoms with E-state index < -0.39 is 0 Å². The average Bonchev–Trinajstić information content (AvgIpc) is 3.36. The fourth-order valence-electron chi connectivity index (χ4n) is 3.55. The molecule has 168 valence electrons. The van der Waals surface area contributed by atoms with E-state index in [1.54, 1.807) is 6.20 Å². The number of aryl methyl sites for hydroxylation is 2. The van der Waals surface area contributed by atoms with Gasteiger partial charge >= 0.3 is 0 Å². The first-order valence-corrected chi connectivity index (χ1v) is 11.8. The minimum absolute atomic E-state index is 0.154. The first-order chi connectivity index (χ1) is 16.2. The number of para-hydroxylation sites is 1. The van der Waals surface area contributed by atoms with Gasteiger partial charge in [-0.2, -0.15) is 0 Å². The van der Waals surface area contributed by atoms with Crippen molar-refractivity contribution in [2.45, 2.75) is 32.3 Å². The molecule has 0 spiro atoms. The predicted octanol–water partition coefficient (Wildman–Crippen LogP) is 6.57. The van der Waals surface area contributed by atoms with E-state index in [-0.39, 0.29) is 5.91 Å². The number of nitrogens with zero attached hydrogens (tertiary/aromatic N) is 1. The molecule has 0 atom stereocenters. The highest BCUT2D eigenvalue weighted by atomic mass is 79.9. The van der Waals surface area contributed by atoms with Gasteiger partial charge in [0.1, 0.15) is 18.2 Å². The van der Waals surface area contributed by atoms with Crippen molar-refractivity contribution in [3.05, 3.63) is 112 Å². The van der Waals surface area contributed by atoms with E-state index in [0.29, 0.717) is 12.2 Å². The summed E-state index contributed by atoms with van der Waals surface area (Å²) in [5, 5.41) is 2.94. The number of benzene rings is 3. The molecule has 0 unspecified atom stereocenters. The van der Waals surface area contributed by atoms with Crippen molar-refractivity contribution in [3.8, 4) is 5.75 Å². The maximum atomic E-state index is 12.8. The van der Waals surface area contributed by atoms with Crippen LogP contribution < -0.4 is 10.1 Å². The Morgan fingerprint density at radius 2 is 1.76 bits per heavy atom. The number of ether oxygens (including phenoxy) is 1. The van der Waals surface area contributed by atoms with Gasteiger partial charge in [-0.25, -0.2) is 4.98 Å². The Kier molecular flexibility index (Phi) is 7.93. The Hall–Kier alpha value is -3.38. The fraction of sp³-hybridized carbons (Fsp3) is 0.185. The highest BCUT2D eigenvalue weighted by Crippen LogP contribution is 2.25. The quantitative estimate of drug-likeness (QED) is 0.240. The predicted molar refractivity (Wildman–Crippen MR) is 135 cm³/mol. The maximum Gasteiger partial charge on any atom is 0.255 e. The molecule has 0 aliphatic heterocycles. The lowest BCUT2D eigenvalue weighted by Gasteiger charge is -2.14. The van der Waals surface area contributed by atoms with Crippen LogP contribution in [0.2, 0.25) is 0 Å². The Labute approximate surface area is 202 Å². The number of rotatable bonds is 10. The first-order valence-electron chi connectivity index (χ1n) is 11.0. The van der Waals surface area contributed by atoms with Crippen molar-refractivity contribution in [3.63, 3.8) is 0 Å². The molecule has 4 aromatic rings. The van der Waals surface area contributed by atoms with Gasteiger partial charge in [0.2, 0.25) is 0 Å². The first kappa shape index (κ1) is 22.8. The molecule has 0 fully saturated rings. The lowest BCUT2D eigenvalue weighted by Crippen LogP contribution is -2.12. The van der Waals surface area contributed by atoms with Gasteiger partial charge in [0.05, 0.1) is 0 Å². The molecule has 0 saturated carbocycles. The number of halogens is 1. The van der Waals surface area contributed by atoms with Crippen LogP contribution in [0.4, 0.5) is 5.69 Å². The van der Waals surface area contributed by atoms with Gasteiger partial charge < -0.3 is 15.0 Å². The van der Waals surface area contributed by atoms with E-state index in [9.17, 15) is 4.79 Å². The summed E-state index contributed by atoms with van der Waals surface area (Å²) in [4.78, 5) is 20.2. The standard InChI is InChI=1S/C27H26BrN3O2/c28-23-14-10-20(11-15-23)19-33-25-18-22(27(32)31-24-7-2-1-3-8-24)13-12-21(25)6-4-5-9-26-29-16-17-30-26/h1-3,7-8,10-18H,4-6,9,19H2,(H,29,30)(H,31,32). The van der Waals surface area contributed by atoms with Crippen LogP contribution in [0.25, 0.3) is 0 Å². The van der Waals surface area contributed by atoms with Crippen LogP contribution in [0.5, 0.6) is 5.75 Å². The van der Waals surface area contributed by atoms with Crippen molar-refractivity contribution < 1.29 is 9.53 Å². The van der Waals surface area contributed by atoms with Gasteiger partial charge in [-0.15, -0.1) is 0 Å². The summed E-state index contributed by atoms with van der Waals surface area (Å²) in [6.07, 6.45) is 7.45. The van der Waals surface area contributed by atoms with Crippen LogP contribution in [0.15, 0.2) is 89.7 Å². The van der Waals surface area contributed by atoms with Crippen LogP contribution in [0.3, 0.4) is 0 Å². The molecule has 1 heterocycles. The second-order valence-electron chi connectivity index (χ2n) is 7.80. The second-order valence-corrected chi connectivity index (χ2v) is 8.72. The molecule has 2 N–H and O–H groups in total. The molecule has 0 radical (unpaired) electrons.